The van der Waals surface area contributed by atoms with Gasteiger partial charge in [-0.3, -0.25) is 4.79 Å². The molecule has 0 aliphatic heterocycles. The van der Waals surface area contributed by atoms with Gasteiger partial charge in [-0.1, -0.05) is 0 Å². The van der Waals surface area contributed by atoms with Gasteiger partial charge in [-0.25, -0.2) is 4.68 Å². The van der Waals surface area contributed by atoms with Crippen LogP contribution in [0.15, 0.2) is 12.3 Å². The molecule has 0 aliphatic rings. The Balaban J connectivity index is 2.53. The second-order valence-corrected chi connectivity index (χ2v) is 2.98. The number of hydrogen-bond donors (Lipinski definition) is 2. The number of anilines is 1. The zero-order chi connectivity index (χ0) is 9.84. The molecule has 1 rings (SSSR count). The highest BCUT2D eigenvalue weighted by molar-refractivity contribution is 5.66. The zero-order valence-electron chi connectivity index (χ0n) is 7.47. The normalized spacial score (nSPS) is 12.7. The summed E-state index contributed by atoms with van der Waals surface area (Å²) in [6, 6.07) is 1.73. The van der Waals surface area contributed by atoms with Crippen LogP contribution in [-0.2, 0) is 4.79 Å². The van der Waals surface area contributed by atoms with Crippen LogP contribution < -0.4 is 5.73 Å². The van der Waals surface area contributed by atoms with Crippen molar-refractivity contribution in [2.75, 3.05) is 5.73 Å². The maximum absolute atomic E-state index is 10.3. The Morgan fingerprint density at radius 1 is 1.85 bits per heavy atom. The Bertz CT molecular complexity index is 295. The molecule has 5 heteroatoms. The van der Waals surface area contributed by atoms with Crippen LogP contribution in [-0.4, -0.2) is 20.9 Å². The number of carbonyl (C=O) groups is 1. The predicted octanol–water partition coefficient (Wildman–Crippen LogP) is 0.891. The average Bonchev–Trinajstić information content (AvgIpc) is 2.47. The molecule has 1 atom stereocenters. The summed E-state index contributed by atoms with van der Waals surface area (Å²) in [5.41, 5.74) is 5.60. The van der Waals surface area contributed by atoms with Gasteiger partial charge in [-0.15, -0.1) is 0 Å². The number of hydrogen-bond acceptors (Lipinski definition) is 3. The van der Waals surface area contributed by atoms with Crippen LogP contribution in [0.3, 0.4) is 0 Å². The maximum Gasteiger partial charge on any atom is 0.303 e. The molecule has 72 valence electrons. The third kappa shape index (κ3) is 2.47. The van der Waals surface area contributed by atoms with Crippen LogP contribution in [0.25, 0.3) is 0 Å². The third-order valence-corrected chi connectivity index (χ3v) is 1.89. The molecule has 0 saturated heterocycles. The van der Waals surface area contributed by atoms with E-state index in [4.69, 9.17) is 10.8 Å². The second kappa shape index (κ2) is 3.93. The van der Waals surface area contributed by atoms with Crippen molar-refractivity contribution in [3.63, 3.8) is 0 Å². The molecule has 0 fully saturated rings. The van der Waals surface area contributed by atoms with Gasteiger partial charge < -0.3 is 10.8 Å². The molecule has 0 spiro atoms. The zero-order valence-corrected chi connectivity index (χ0v) is 7.47. The van der Waals surface area contributed by atoms with Crippen molar-refractivity contribution in [3.8, 4) is 0 Å². The lowest BCUT2D eigenvalue weighted by molar-refractivity contribution is -0.137. The summed E-state index contributed by atoms with van der Waals surface area (Å²) in [5.74, 6) is -0.226. The minimum absolute atomic E-state index is 0.0334. The first kappa shape index (κ1) is 9.57. The van der Waals surface area contributed by atoms with E-state index >= 15 is 0 Å². The number of nitrogens with two attached hydrogens (primary N) is 1. The first-order valence-electron chi connectivity index (χ1n) is 4.12. The lowest BCUT2D eigenvalue weighted by Crippen LogP contribution is -2.11. The van der Waals surface area contributed by atoms with Crippen molar-refractivity contribution in [1.29, 1.82) is 0 Å². The van der Waals surface area contributed by atoms with E-state index in [1.165, 1.54) is 0 Å². The van der Waals surface area contributed by atoms with Crippen molar-refractivity contribution in [2.24, 2.45) is 0 Å². The highest BCUT2D eigenvalue weighted by Gasteiger charge is 2.09. The van der Waals surface area contributed by atoms with Gasteiger partial charge >= 0.3 is 5.97 Å². The van der Waals surface area contributed by atoms with Crippen LogP contribution >= 0.6 is 0 Å². The smallest absolute Gasteiger partial charge is 0.303 e. The molecule has 5 nitrogen and oxygen atoms in total. The van der Waals surface area contributed by atoms with Crippen molar-refractivity contribution in [2.45, 2.75) is 25.8 Å². The largest absolute Gasteiger partial charge is 0.481 e. The van der Waals surface area contributed by atoms with Gasteiger partial charge in [0.05, 0.1) is 12.2 Å². The fourth-order valence-electron chi connectivity index (χ4n) is 1.15. The molecule has 0 bridgehead atoms. The van der Waals surface area contributed by atoms with Gasteiger partial charge in [-0.05, 0) is 19.4 Å². The lowest BCUT2D eigenvalue weighted by Gasteiger charge is -2.11. The van der Waals surface area contributed by atoms with E-state index in [1.54, 1.807) is 16.9 Å². The summed E-state index contributed by atoms with van der Waals surface area (Å²) in [6.45, 7) is 1.90. The number of carboxylic acids is 1. The number of aromatic nitrogens is 2. The molecule has 0 amide bonds. The number of nitrogen functional groups attached to an aromatic ring is 1. The highest BCUT2D eigenvalue weighted by Crippen LogP contribution is 2.15. The molecule has 0 radical (unpaired) electrons. The van der Waals surface area contributed by atoms with Gasteiger partial charge in [0.25, 0.3) is 0 Å². The highest BCUT2D eigenvalue weighted by atomic mass is 16.4. The second-order valence-electron chi connectivity index (χ2n) is 2.98. The van der Waals surface area contributed by atoms with E-state index < -0.39 is 5.97 Å². The van der Waals surface area contributed by atoms with Crippen molar-refractivity contribution < 1.29 is 9.90 Å². The Morgan fingerprint density at radius 2 is 2.54 bits per heavy atom. The number of rotatable bonds is 4. The Kier molecular flexibility index (Phi) is 2.89. The minimum Gasteiger partial charge on any atom is -0.481 e. The van der Waals surface area contributed by atoms with Gasteiger partial charge in [0.2, 0.25) is 0 Å². The van der Waals surface area contributed by atoms with Crippen LogP contribution in [0.1, 0.15) is 25.8 Å². The molecule has 1 aromatic rings. The summed E-state index contributed by atoms with van der Waals surface area (Å²) >= 11 is 0. The van der Waals surface area contributed by atoms with E-state index in [2.05, 4.69) is 5.10 Å². The summed E-state index contributed by atoms with van der Waals surface area (Å²) in [6.07, 6.45) is 2.29. The van der Waals surface area contributed by atoms with Crippen LogP contribution in [0.4, 0.5) is 5.82 Å². The number of nitrogens with zero attached hydrogens (tertiary/aromatic N) is 2. The first-order chi connectivity index (χ1) is 6.11. The Labute approximate surface area is 76.2 Å². The van der Waals surface area contributed by atoms with E-state index in [0.717, 1.165) is 0 Å². The van der Waals surface area contributed by atoms with Gasteiger partial charge in [-0.2, -0.15) is 5.10 Å². The third-order valence-electron chi connectivity index (χ3n) is 1.89. The van der Waals surface area contributed by atoms with Gasteiger partial charge in [0.1, 0.15) is 5.82 Å². The Morgan fingerprint density at radius 3 is 3.00 bits per heavy atom. The maximum atomic E-state index is 10.3. The van der Waals surface area contributed by atoms with E-state index in [-0.39, 0.29) is 12.5 Å². The van der Waals surface area contributed by atoms with Crippen molar-refractivity contribution >= 4 is 11.8 Å². The quantitative estimate of drug-likeness (QED) is 0.726. The molecule has 0 aliphatic carbocycles. The lowest BCUT2D eigenvalue weighted by atomic mass is 10.2. The van der Waals surface area contributed by atoms with Crippen molar-refractivity contribution in [3.05, 3.63) is 12.3 Å². The topological polar surface area (TPSA) is 81.1 Å². The fourth-order valence-corrected chi connectivity index (χ4v) is 1.15. The molecular weight excluding hydrogens is 170 g/mol. The summed E-state index contributed by atoms with van der Waals surface area (Å²) in [7, 11) is 0. The van der Waals surface area contributed by atoms with Crippen LogP contribution in [0, 0.1) is 0 Å². The number of carboxylic acid groups (broad SMARTS) is 1. The van der Waals surface area contributed by atoms with E-state index in [9.17, 15) is 4.79 Å². The molecule has 3 N–H and O–H groups in total. The van der Waals surface area contributed by atoms with E-state index in [1.807, 2.05) is 6.92 Å². The molecule has 1 heterocycles. The molecular formula is C8H13N3O2. The minimum atomic E-state index is -0.794. The monoisotopic (exact) mass is 183 g/mol. The summed E-state index contributed by atoms with van der Waals surface area (Å²) in [5, 5.41) is 12.5. The van der Waals surface area contributed by atoms with Gasteiger partial charge in [0, 0.05) is 6.42 Å². The molecule has 1 unspecified atom stereocenters. The summed E-state index contributed by atoms with van der Waals surface area (Å²) in [4.78, 5) is 10.3. The van der Waals surface area contributed by atoms with Gasteiger partial charge in [0.15, 0.2) is 0 Å². The SMILES string of the molecule is CC(CCC(=O)O)n1nccc1N. The van der Waals surface area contributed by atoms with Crippen LogP contribution in [0.2, 0.25) is 0 Å². The van der Waals surface area contributed by atoms with Crippen LogP contribution in [0.5, 0.6) is 0 Å². The average molecular weight is 183 g/mol. The van der Waals surface area contributed by atoms with Crippen molar-refractivity contribution in [1.82, 2.24) is 9.78 Å². The summed E-state index contributed by atoms with van der Waals surface area (Å²) < 4.78 is 1.63. The molecule has 0 aromatic carbocycles. The standard InChI is InChI=1S/C8H13N3O2/c1-6(2-3-8(12)13)11-7(9)4-5-10-11/h4-6H,2-3,9H2,1H3,(H,12,13). The predicted molar refractivity (Wildman–Crippen MR) is 48.2 cm³/mol. The molecule has 1 aromatic heterocycles. The molecule has 13 heavy (non-hydrogen) atoms. The van der Waals surface area contributed by atoms with E-state index in [0.29, 0.717) is 12.2 Å². The number of aliphatic carboxylic acids is 1. The molecule has 0 saturated carbocycles. The Hall–Kier alpha value is -1.52. The first-order valence-corrected chi connectivity index (χ1v) is 4.12. The fraction of sp³-hybridized carbons (Fsp3) is 0.500.